The first kappa shape index (κ1) is 16.8. The number of aromatic amines is 1. The molecule has 126 valence electrons. The van der Waals surface area contributed by atoms with Crippen LogP contribution in [0.5, 0.6) is 0 Å². The Kier molecular flexibility index (Phi) is 5.37. The van der Waals surface area contributed by atoms with Crippen molar-refractivity contribution >= 4 is 38.6 Å². The van der Waals surface area contributed by atoms with Gasteiger partial charge in [0.05, 0.1) is 11.0 Å². The summed E-state index contributed by atoms with van der Waals surface area (Å²) in [6.07, 6.45) is 1.75. The predicted molar refractivity (Wildman–Crippen MR) is 102 cm³/mol. The minimum atomic E-state index is 0.228. The maximum absolute atomic E-state index is 9.06. The lowest BCUT2D eigenvalue weighted by atomic mass is 10.1. The van der Waals surface area contributed by atoms with E-state index in [0.29, 0.717) is 5.95 Å². The number of H-pyrrole nitrogens is 1. The molecule has 1 aromatic heterocycles. The van der Waals surface area contributed by atoms with Gasteiger partial charge in [-0.3, -0.25) is 0 Å². The summed E-state index contributed by atoms with van der Waals surface area (Å²) in [5.41, 5.74) is 9.91. The third kappa shape index (κ3) is 4.07. The number of aliphatic hydroxyl groups is 1. The molecule has 0 radical (unpaired) electrons. The average Bonchev–Trinajstić information content (AvgIpc) is 2.93. The molecule has 0 aliphatic rings. The van der Waals surface area contributed by atoms with Crippen molar-refractivity contribution in [1.29, 1.82) is 0 Å². The smallest absolute Gasteiger partial charge is 0.198 e. The molecule has 3 rings (SSSR count). The fourth-order valence-corrected chi connectivity index (χ4v) is 3.17. The molecule has 0 saturated heterocycles. The summed E-state index contributed by atoms with van der Waals surface area (Å²) < 4.78 is 1.06. The molecule has 5 nitrogen and oxygen atoms in total. The van der Waals surface area contributed by atoms with Crippen LogP contribution in [0.25, 0.3) is 11.0 Å². The second kappa shape index (κ2) is 7.68. The van der Waals surface area contributed by atoms with Gasteiger partial charge in [-0.25, -0.2) is 4.98 Å². The van der Waals surface area contributed by atoms with Gasteiger partial charge < -0.3 is 20.7 Å². The van der Waals surface area contributed by atoms with E-state index >= 15 is 0 Å². The number of hydrogen-bond acceptors (Lipinski definition) is 4. The van der Waals surface area contributed by atoms with E-state index < -0.39 is 0 Å². The van der Waals surface area contributed by atoms with Crippen LogP contribution in [0, 0.1) is 0 Å². The molecule has 1 heterocycles. The molecule has 0 amide bonds. The van der Waals surface area contributed by atoms with Gasteiger partial charge in [0.15, 0.2) is 5.95 Å². The zero-order valence-electron chi connectivity index (χ0n) is 13.4. The molecule has 0 saturated carbocycles. The first-order valence-electron chi connectivity index (χ1n) is 8.01. The molecular weight excluding hydrogens is 368 g/mol. The average molecular weight is 389 g/mol. The van der Waals surface area contributed by atoms with E-state index in [4.69, 9.17) is 10.8 Å². The Labute approximate surface area is 149 Å². The largest absolute Gasteiger partial charge is 0.396 e. The number of nitrogens with one attached hydrogen (secondary N) is 1. The third-order valence-electron chi connectivity index (χ3n) is 3.95. The van der Waals surface area contributed by atoms with Crippen molar-refractivity contribution in [3.8, 4) is 0 Å². The van der Waals surface area contributed by atoms with Crippen LogP contribution < -0.4 is 10.6 Å². The molecule has 0 atom stereocenters. The second-order valence-electron chi connectivity index (χ2n) is 5.81. The number of rotatable bonds is 7. The van der Waals surface area contributed by atoms with Gasteiger partial charge in [0.1, 0.15) is 0 Å². The first-order chi connectivity index (χ1) is 11.7. The molecule has 3 aromatic rings. The van der Waals surface area contributed by atoms with E-state index in [2.05, 4.69) is 55.1 Å². The van der Waals surface area contributed by atoms with Gasteiger partial charge >= 0.3 is 0 Å². The number of imidazole rings is 1. The number of nitrogen functional groups attached to an aromatic ring is 1. The molecule has 0 fully saturated rings. The van der Waals surface area contributed by atoms with Crippen LogP contribution in [-0.4, -0.2) is 28.2 Å². The van der Waals surface area contributed by atoms with Crippen LogP contribution in [0.3, 0.4) is 0 Å². The Bertz CT molecular complexity index is 818. The molecule has 0 bridgehead atoms. The molecule has 6 heteroatoms. The lowest BCUT2D eigenvalue weighted by molar-refractivity contribution is 0.285. The highest BCUT2D eigenvalue weighted by molar-refractivity contribution is 9.10. The lowest BCUT2D eigenvalue weighted by Crippen LogP contribution is -2.24. The lowest BCUT2D eigenvalue weighted by Gasteiger charge is -2.25. The van der Waals surface area contributed by atoms with Crippen LogP contribution in [0.2, 0.25) is 0 Å². The predicted octanol–water partition coefficient (Wildman–Crippen LogP) is 3.69. The first-order valence-corrected chi connectivity index (χ1v) is 8.80. The molecule has 0 unspecified atom stereocenters. The molecule has 0 aliphatic carbocycles. The van der Waals surface area contributed by atoms with Gasteiger partial charge in [0, 0.05) is 29.9 Å². The van der Waals surface area contributed by atoms with Gasteiger partial charge in [0.25, 0.3) is 0 Å². The fourth-order valence-electron chi connectivity index (χ4n) is 2.78. The summed E-state index contributed by atoms with van der Waals surface area (Å²) in [5.74, 6) is 0.439. The Morgan fingerprint density at radius 2 is 2.04 bits per heavy atom. The fraction of sp³-hybridized carbons (Fsp3) is 0.278. The Morgan fingerprint density at radius 3 is 2.83 bits per heavy atom. The maximum atomic E-state index is 9.06. The molecule has 4 N–H and O–H groups in total. The van der Waals surface area contributed by atoms with Crippen molar-refractivity contribution in [2.24, 2.45) is 0 Å². The van der Waals surface area contributed by atoms with Gasteiger partial charge in [-0.05, 0) is 48.7 Å². The maximum Gasteiger partial charge on any atom is 0.198 e. The normalized spacial score (nSPS) is 11.1. The van der Waals surface area contributed by atoms with Crippen molar-refractivity contribution in [2.45, 2.75) is 19.4 Å². The Balaban J connectivity index is 1.83. The number of halogens is 1. The van der Waals surface area contributed by atoms with Crippen LogP contribution in [0.15, 0.2) is 46.9 Å². The highest BCUT2D eigenvalue weighted by Gasteiger charge is 2.09. The standard InChI is InChI=1S/C18H21BrN4O/c19-14-4-3-5-15(11-14)23(8-1-2-9-24)12-13-6-7-16-17(10-13)22-18(20)21-16/h3-7,10-11,24H,1-2,8-9,12H2,(H3,20,21,22). The van der Waals surface area contributed by atoms with E-state index in [9.17, 15) is 0 Å². The number of nitrogens with two attached hydrogens (primary N) is 1. The van der Waals surface area contributed by atoms with Crippen LogP contribution in [0.1, 0.15) is 18.4 Å². The zero-order valence-corrected chi connectivity index (χ0v) is 15.0. The van der Waals surface area contributed by atoms with Crippen molar-refractivity contribution in [3.63, 3.8) is 0 Å². The van der Waals surface area contributed by atoms with Gasteiger partial charge in [-0.15, -0.1) is 0 Å². The molecular formula is C18H21BrN4O. The number of aliphatic hydroxyl groups excluding tert-OH is 1. The Morgan fingerprint density at radius 1 is 1.17 bits per heavy atom. The monoisotopic (exact) mass is 388 g/mol. The van der Waals surface area contributed by atoms with E-state index in [1.807, 2.05) is 18.2 Å². The highest BCUT2D eigenvalue weighted by atomic mass is 79.9. The zero-order chi connectivity index (χ0) is 16.9. The van der Waals surface area contributed by atoms with Crippen molar-refractivity contribution in [3.05, 3.63) is 52.5 Å². The summed E-state index contributed by atoms with van der Waals surface area (Å²) in [4.78, 5) is 9.64. The van der Waals surface area contributed by atoms with E-state index in [1.165, 1.54) is 5.56 Å². The van der Waals surface area contributed by atoms with Crippen LogP contribution in [-0.2, 0) is 6.54 Å². The van der Waals surface area contributed by atoms with Gasteiger partial charge in [-0.2, -0.15) is 0 Å². The minimum absolute atomic E-state index is 0.228. The quantitative estimate of drug-likeness (QED) is 0.539. The van der Waals surface area contributed by atoms with E-state index in [0.717, 1.165) is 47.1 Å². The molecule has 0 aliphatic heterocycles. The summed E-state index contributed by atoms with van der Waals surface area (Å²) in [5, 5.41) is 9.06. The second-order valence-corrected chi connectivity index (χ2v) is 6.72. The van der Waals surface area contributed by atoms with E-state index in [1.54, 1.807) is 0 Å². The highest BCUT2D eigenvalue weighted by Crippen LogP contribution is 2.23. The van der Waals surface area contributed by atoms with Crippen LogP contribution in [0.4, 0.5) is 11.6 Å². The number of aromatic nitrogens is 2. The third-order valence-corrected chi connectivity index (χ3v) is 4.44. The summed E-state index contributed by atoms with van der Waals surface area (Å²) in [6.45, 7) is 1.91. The number of nitrogens with zero attached hydrogens (tertiary/aromatic N) is 2. The number of hydrogen-bond donors (Lipinski definition) is 3. The number of anilines is 2. The van der Waals surface area contributed by atoms with Crippen molar-refractivity contribution in [1.82, 2.24) is 9.97 Å². The minimum Gasteiger partial charge on any atom is -0.396 e. The SMILES string of the molecule is Nc1nc2ccc(CN(CCCCO)c3cccc(Br)c3)cc2[nH]1. The molecule has 24 heavy (non-hydrogen) atoms. The van der Waals surface area contributed by atoms with Crippen molar-refractivity contribution < 1.29 is 5.11 Å². The van der Waals surface area contributed by atoms with Gasteiger partial charge in [-0.1, -0.05) is 28.1 Å². The summed E-state index contributed by atoms with van der Waals surface area (Å²) >= 11 is 3.54. The number of benzene rings is 2. The van der Waals surface area contributed by atoms with Crippen molar-refractivity contribution in [2.75, 3.05) is 23.8 Å². The summed E-state index contributed by atoms with van der Waals surface area (Å²) in [6, 6.07) is 14.5. The summed E-state index contributed by atoms with van der Waals surface area (Å²) in [7, 11) is 0. The molecule has 0 spiro atoms. The number of fused-ring (bicyclic) bond motifs is 1. The Hall–Kier alpha value is -2.05. The van der Waals surface area contributed by atoms with E-state index in [-0.39, 0.29) is 6.61 Å². The topological polar surface area (TPSA) is 78.2 Å². The number of unbranched alkanes of at least 4 members (excludes halogenated alkanes) is 1. The molecule has 2 aromatic carbocycles. The van der Waals surface area contributed by atoms with Crippen LogP contribution >= 0.6 is 15.9 Å². The van der Waals surface area contributed by atoms with Gasteiger partial charge in [0.2, 0.25) is 0 Å².